The number of benzene rings is 2. The van der Waals surface area contributed by atoms with E-state index in [4.69, 9.17) is 0 Å². The minimum atomic E-state index is -1.28. The van der Waals surface area contributed by atoms with Gasteiger partial charge in [0.25, 0.3) is 0 Å². The Balaban J connectivity index is 2.60. The van der Waals surface area contributed by atoms with E-state index >= 15 is 0 Å². The molecule has 0 fully saturated rings. The van der Waals surface area contributed by atoms with Gasteiger partial charge < -0.3 is 10.2 Å². The molecule has 0 radical (unpaired) electrons. The van der Waals surface area contributed by atoms with Crippen molar-refractivity contribution in [1.29, 1.82) is 0 Å². The van der Waals surface area contributed by atoms with Crippen molar-refractivity contribution in [2.75, 3.05) is 0 Å². The molecule has 0 heterocycles. The van der Waals surface area contributed by atoms with E-state index in [9.17, 15) is 19.8 Å². The highest BCUT2D eigenvalue weighted by Crippen LogP contribution is 2.40. The molecule has 0 aliphatic heterocycles. The van der Waals surface area contributed by atoms with Crippen LogP contribution in [0.1, 0.15) is 20.8 Å². The van der Waals surface area contributed by atoms with Gasteiger partial charge in [0.15, 0.2) is 0 Å². The molecule has 2 aromatic rings. The second-order valence-corrected chi connectivity index (χ2v) is 6.82. The number of halogens is 2. The standard InChI is InChI=1S/C18H14Br2O4/c19-15(11-7-3-1-4-8-11)13(17(21)22)14(18(23)24)16(20)12-9-5-2-6-10-12/h1-10,15-16H,(H,21,22)(H,23,24). The summed E-state index contributed by atoms with van der Waals surface area (Å²) in [5, 5.41) is 19.3. The molecule has 0 aliphatic rings. The maximum Gasteiger partial charge on any atom is 0.333 e. The first-order valence-electron chi connectivity index (χ1n) is 7.02. The van der Waals surface area contributed by atoms with Crippen LogP contribution in [0.25, 0.3) is 0 Å². The minimum absolute atomic E-state index is 0.209. The first-order chi connectivity index (χ1) is 11.4. The molecule has 0 saturated heterocycles. The van der Waals surface area contributed by atoms with Gasteiger partial charge in [0.1, 0.15) is 0 Å². The Morgan fingerprint density at radius 2 is 0.958 bits per heavy atom. The lowest BCUT2D eigenvalue weighted by atomic mass is 9.95. The van der Waals surface area contributed by atoms with Crippen molar-refractivity contribution in [3.63, 3.8) is 0 Å². The quantitative estimate of drug-likeness (QED) is 0.490. The fourth-order valence-electron chi connectivity index (χ4n) is 2.30. The highest BCUT2D eigenvalue weighted by Gasteiger charge is 2.32. The average Bonchev–Trinajstić information content (AvgIpc) is 2.59. The maximum absolute atomic E-state index is 11.8. The van der Waals surface area contributed by atoms with Gasteiger partial charge in [-0.1, -0.05) is 92.5 Å². The molecule has 2 unspecified atom stereocenters. The number of hydrogen-bond acceptors (Lipinski definition) is 2. The van der Waals surface area contributed by atoms with E-state index in [1.54, 1.807) is 48.5 Å². The van der Waals surface area contributed by atoms with Gasteiger partial charge in [-0.25, -0.2) is 9.59 Å². The van der Waals surface area contributed by atoms with Crippen LogP contribution in [0.15, 0.2) is 71.8 Å². The molecule has 4 nitrogen and oxygen atoms in total. The van der Waals surface area contributed by atoms with Crippen molar-refractivity contribution >= 4 is 43.8 Å². The van der Waals surface area contributed by atoms with Gasteiger partial charge in [-0.2, -0.15) is 0 Å². The van der Waals surface area contributed by atoms with Gasteiger partial charge in [-0.3, -0.25) is 0 Å². The molecule has 0 bridgehead atoms. The number of aliphatic carboxylic acids is 2. The fraction of sp³-hybridized carbons (Fsp3) is 0.111. The van der Waals surface area contributed by atoms with Gasteiger partial charge in [-0.15, -0.1) is 0 Å². The number of carboxylic acid groups (broad SMARTS) is 2. The summed E-state index contributed by atoms with van der Waals surface area (Å²) in [5.74, 6) is -2.56. The normalized spacial score (nSPS) is 14.4. The van der Waals surface area contributed by atoms with Crippen molar-refractivity contribution in [2.45, 2.75) is 9.65 Å². The molecule has 0 aromatic heterocycles. The molecule has 2 N–H and O–H groups in total. The molecule has 24 heavy (non-hydrogen) atoms. The molecule has 6 heteroatoms. The molecule has 2 atom stereocenters. The molecule has 2 rings (SSSR count). The second kappa shape index (κ2) is 8.26. The zero-order valence-corrected chi connectivity index (χ0v) is 15.6. The number of rotatable bonds is 6. The summed E-state index contributed by atoms with van der Waals surface area (Å²) in [6.45, 7) is 0. The van der Waals surface area contributed by atoms with Gasteiger partial charge in [0.05, 0.1) is 20.8 Å². The summed E-state index contributed by atoms with van der Waals surface area (Å²) >= 11 is 6.68. The average molecular weight is 454 g/mol. The number of alkyl halides is 2. The van der Waals surface area contributed by atoms with Crippen LogP contribution in [0.4, 0.5) is 0 Å². The van der Waals surface area contributed by atoms with Crippen molar-refractivity contribution in [3.8, 4) is 0 Å². The first kappa shape index (κ1) is 18.4. The summed E-state index contributed by atoms with van der Waals surface area (Å²) in [4.78, 5) is 22.2. The molecule has 2 aromatic carbocycles. The lowest BCUT2D eigenvalue weighted by Crippen LogP contribution is -2.18. The van der Waals surface area contributed by atoms with Crippen molar-refractivity contribution in [3.05, 3.63) is 82.9 Å². The third-order valence-electron chi connectivity index (χ3n) is 3.44. The lowest BCUT2D eigenvalue weighted by molar-refractivity contribution is -0.136. The third-order valence-corrected chi connectivity index (χ3v) is 5.42. The fourth-order valence-corrected chi connectivity index (χ4v) is 3.79. The molecular formula is C18H14Br2O4. The van der Waals surface area contributed by atoms with Crippen LogP contribution in [0, 0.1) is 0 Å². The van der Waals surface area contributed by atoms with Crippen LogP contribution in [0.2, 0.25) is 0 Å². The largest absolute Gasteiger partial charge is 0.478 e. The van der Waals surface area contributed by atoms with Crippen LogP contribution in [0.3, 0.4) is 0 Å². The van der Waals surface area contributed by atoms with E-state index in [0.29, 0.717) is 11.1 Å². The van der Waals surface area contributed by atoms with Gasteiger partial charge >= 0.3 is 11.9 Å². The Morgan fingerprint density at radius 3 is 1.21 bits per heavy atom. The van der Waals surface area contributed by atoms with E-state index in [1.165, 1.54) is 0 Å². The first-order valence-corrected chi connectivity index (χ1v) is 8.85. The zero-order chi connectivity index (χ0) is 17.7. The Labute approximate surface area is 156 Å². The van der Waals surface area contributed by atoms with Crippen LogP contribution < -0.4 is 0 Å². The Bertz CT molecular complexity index is 692. The van der Waals surface area contributed by atoms with Gasteiger partial charge in [0, 0.05) is 0 Å². The number of hydrogen-bond donors (Lipinski definition) is 2. The number of carbonyl (C=O) groups is 2. The molecule has 0 saturated carbocycles. The van der Waals surface area contributed by atoms with E-state index in [1.807, 2.05) is 12.1 Å². The molecular weight excluding hydrogens is 440 g/mol. The van der Waals surface area contributed by atoms with Crippen molar-refractivity contribution in [2.24, 2.45) is 0 Å². The van der Waals surface area contributed by atoms with E-state index in [-0.39, 0.29) is 11.1 Å². The Hall–Kier alpha value is -1.92. The van der Waals surface area contributed by atoms with E-state index in [0.717, 1.165) is 0 Å². The monoisotopic (exact) mass is 452 g/mol. The lowest BCUT2D eigenvalue weighted by Gasteiger charge is -2.19. The minimum Gasteiger partial charge on any atom is -0.478 e. The Morgan fingerprint density at radius 1 is 0.667 bits per heavy atom. The second-order valence-electron chi connectivity index (χ2n) is 4.98. The third kappa shape index (κ3) is 4.13. The molecule has 124 valence electrons. The summed E-state index contributed by atoms with van der Waals surface area (Å²) in [5.41, 5.74) is 0.918. The summed E-state index contributed by atoms with van der Waals surface area (Å²) in [6, 6.07) is 17.7. The predicted molar refractivity (Wildman–Crippen MR) is 98.5 cm³/mol. The van der Waals surface area contributed by atoms with Crippen molar-refractivity contribution < 1.29 is 19.8 Å². The van der Waals surface area contributed by atoms with Crippen molar-refractivity contribution in [1.82, 2.24) is 0 Å². The maximum atomic E-state index is 11.8. The van der Waals surface area contributed by atoms with E-state index < -0.39 is 21.6 Å². The molecule has 0 aliphatic carbocycles. The summed E-state index contributed by atoms with van der Waals surface area (Å²) in [7, 11) is 0. The highest BCUT2D eigenvalue weighted by atomic mass is 79.9. The van der Waals surface area contributed by atoms with Crippen LogP contribution in [-0.4, -0.2) is 22.2 Å². The SMILES string of the molecule is O=C(O)C(=C(C(=O)O)C(Br)c1ccccc1)C(Br)c1ccccc1. The predicted octanol–water partition coefficient (Wildman–Crippen LogP) is 4.72. The Kier molecular flexibility index (Phi) is 6.34. The van der Waals surface area contributed by atoms with Crippen LogP contribution in [0.5, 0.6) is 0 Å². The smallest absolute Gasteiger partial charge is 0.333 e. The highest BCUT2D eigenvalue weighted by molar-refractivity contribution is 9.09. The van der Waals surface area contributed by atoms with Gasteiger partial charge in [0.2, 0.25) is 0 Å². The summed E-state index contributed by atoms with van der Waals surface area (Å²) in [6.07, 6.45) is 0. The van der Waals surface area contributed by atoms with Gasteiger partial charge in [-0.05, 0) is 11.1 Å². The number of carboxylic acids is 2. The van der Waals surface area contributed by atoms with Crippen LogP contribution >= 0.6 is 31.9 Å². The topological polar surface area (TPSA) is 74.6 Å². The van der Waals surface area contributed by atoms with E-state index in [2.05, 4.69) is 31.9 Å². The molecule has 0 amide bonds. The van der Waals surface area contributed by atoms with Crippen LogP contribution in [-0.2, 0) is 9.59 Å². The summed E-state index contributed by atoms with van der Waals surface area (Å²) < 4.78 is 0. The molecule has 0 spiro atoms. The zero-order valence-electron chi connectivity index (χ0n) is 12.4.